The molecule has 6 heteroatoms. The predicted octanol–water partition coefficient (Wildman–Crippen LogP) is 1.19. The molecule has 17 heavy (non-hydrogen) atoms. The lowest BCUT2D eigenvalue weighted by Gasteiger charge is -2.14. The molecule has 0 aromatic carbocycles. The molecule has 1 rings (SSSR count). The van der Waals surface area contributed by atoms with E-state index in [2.05, 4.69) is 15.6 Å². The highest BCUT2D eigenvalue weighted by Crippen LogP contribution is 2.04. The molecule has 0 fully saturated rings. The third-order valence-electron chi connectivity index (χ3n) is 1.70. The van der Waals surface area contributed by atoms with Gasteiger partial charge in [0.2, 0.25) is 0 Å². The van der Waals surface area contributed by atoms with Crippen LogP contribution >= 0.6 is 0 Å². The second-order valence-corrected chi connectivity index (χ2v) is 4.55. The van der Waals surface area contributed by atoms with E-state index in [0.29, 0.717) is 12.3 Å². The van der Waals surface area contributed by atoms with Crippen molar-refractivity contribution in [1.29, 1.82) is 0 Å². The number of aliphatic imine (C=N–C) groups is 1. The van der Waals surface area contributed by atoms with Gasteiger partial charge in [0, 0.05) is 0 Å². The Morgan fingerprint density at radius 3 is 2.76 bits per heavy atom. The number of nitrogens with one attached hydrogen (secondary N) is 2. The summed E-state index contributed by atoms with van der Waals surface area (Å²) >= 11 is 0. The summed E-state index contributed by atoms with van der Waals surface area (Å²) in [6, 6.07) is 3.11. The summed E-state index contributed by atoms with van der Waals surface area (Å²) in [5, 5.41) is 5.03. The maximum absolute atomic E-state index is 11.4. The molecule has 0 spiro atoms. The van der Waals surface area contributed by atoms with Crippen molar-refractivity contribution in [2.75, 3.05) is 0 Å². The topological polar surface area (TPSA) is 92.6 Å². The van der Waals surface area contributed by atoms with Gasteiger partial charge in [0.15, 0.2) is 5.96 Å². The smallest absolute Gasteiger partial charge is 0.321 e. The molecule has 0 atom stereocenters. The molecule has 0 aliphatic carbocycles. The summed E-state index contributed by atoms with van der Waals surface area (Å²) in [6.45, 7) is 5.98. The monoisotopic (exact) mass is 238 g/mol. The van der Waals surface area contributed by atoms with Crippen LogP contribution in [0.3, 0.4) is 0 Å². The number of hydrogen-bond acceptors (Lipinski definition) is 3. The minimum absolute atomic E-state index is 0.0921. The second kappa shape index (κ2) is 5.38. The van der Waals surface area contributed by atoms with Crippen LogP contribution in [0.15, 0.2) is 27.8 Å². The fourth-order valence-electron chi connectivity index (χ4n) is 1.13. The SMILES string of the molecule is CC(C)(C)N=C(N)NC(=O)NCc1ccco1. The maximum atomic E-state index is 11.4. The number of furan rings is 1. The normalized spacial score (nSPS) is 12.3. The first-order chi connectivity index (χ1) is 7.87. The van der Waals surface area contributed by atoms with Crippen LogP contribution in [0, 0.1) is 0 Å². The quantitative estimate of drug-likeness (QED) is 0.533. The fraction of sp³-hybridized carbons (Fsp3) is 0.455. The minimum Gasteiger partial charge on any atom is -0.467 e. The summed E-state index contributed by atoms with van der Waals surface area (Å²) in [5.74, 6) is 0.765. The van der Waals surface area contributed by atoms with Gasteiger partial charge in [-0.1, -0.05) is 0 Å². The summed E-state index contributed by atoms with van der Waals surface area (Å²) in [5.41, 5.74) is 5.24. The Kier molecular flexibility index (Phi) is 4.14. The van der Waals surface area contributed by atoms with E-state index in [1.54, 1.807) is 18.4 Å². The fourth-order valence-corrected chi connectivity index (χ4v) is 1.13. The molecule has 0 aliphatic rings. The highest BCUT2D eigenvalue weighted by atomic mass is 16.3. The zero-order valence-electron chi connectivity index (χ0n) is 10.3. The number of rotatable bonds is 2. The predicted molar refractivity (Wildman–Crippen MR) is 65.5 cm³/mol. The first-order valence-electron chi connectivity index (χ1n) is 5.29. The molecule has 0 bridgehead atoms. The maximum Gasteiger partial charge on any atom is 0.321 e. The molecule has 2 amide bonds. The van der Waals surface area contributed by atoms with Crippen molar-refractivity contribution in [2.24, 2.45) is 10.7 Å². The number of nitrogens with zero attached hydrogens (tertiary/aromatic N) is 1. The molecule has 0 unspecified atom stereocenters. The van der Waals surface area contributed by atoms with Gasteiger partial charge in [-0.3, -0.25) is 5.32 Å². The van der Waals surface area contributed by atoms with Crippen LogP contribution < -0.4 is 16.4 Å². The molecule has 4 N–H and O–H groups in total. The Bertz CT molecular complexity index is 390. The lowest BCUT2D eigenvalue weighted by atomic mass is 10.1. The third kappa shape index (κ3) is 5.60. The van der Waals surface area contributed by atoms with Crippen molar-refractivity contribution in [3.8, 4) is 0 Å². The Labute approximate surface area is 100 Å². The molecular formula is C11H18N4O2. The zero-order valence-corrected chi connectivity index (χ0v) is 10.3. The van der Waals surface area contributed by atoms with E-state index >= 15 is 0 Å². The molecule has 0 aliphatic heterocycles. The molecule has 0 saturated heterocycles. The van der Waals surface area contributed by atoms with Gasteiger partial charge in [0.05, 0.1) is 18.3 Å². The van der Waals surface area contributed by atoms with Gasteiger partial charge in [0.25, 0.3) is 0 Å². The molecule has 94 valence electrons. The van der Waals surface area contributed by atoms with Crippen molar-refractivity contribution in [1.82, 2.24) is 10.6 Å². The highest BCUT2D eigenvalue weighted by Gasteiger charge is 2.10. The van der Waals surface area contributed by atoms with Crippen LogP contribution in [-0.2, 0) is 6.54 Å². The van der Waals surface area contributed by atoms with Crippen LogP contribution in [0.4, 0.5) is 4.79 Å². The third-order valence-corrected chi connectivity index (χ3v) is 1.70. The van der Waals surface area contributed by atoms with Gasteiger partial charge in [0.1, 0.15) is 5.76 Å². The standard InChI is InChI=1S/C11H18N4O2/c1-11(2,3)15-9(12)14-10(16)13-7-8-5-4-6-17-8/h4-6H,7H2,1-3H3,(H4,12,13,14,15,16). The van der Waals surface area contributed by atoms with Crippen molar-refractivity contribution in [3.05, 3.63) is 24.2 Å². The Morgan fingerprint density at radius 2 is 2.24 bits per heavy atom. The molecule has 1 heterocycles. The van der Waals surface area contributed by atoms with E-state index in [9.17, 15) is 4.79 Å². The average molecular weight is 238 g/mol. The van der Waals surface area contributed by atoms with Gasteiger partial charge in [-0.25, -0.2) is 9.79 Å². The largest absolute Gasteiger partial charge is 0.467 e. The van der Waals surface area contributed by atoms with E-state index in [4.69, 9.17) is 10.2 Å². The molecule has 0 radical (unpaired) electrons. The molecule has 6 nitrogen and oxygen atoms in total. The van der Waals surface area contributed by atoms with Crippen molar-refractivity contribution in [2.45, 2.75) is 32.9 Å². The highest BCUT2D eigenvalue weighted by molar-refractivity contribution is 5.95. The number of hydrogen-bond donors (Lipinski definition) is 3. The summed E-state index contributed by atoms with van der Waals surface area (Å²) in [4.78, 5) is 15.5. The molecule has 1 aromatic rings. The summed E-state index contributed by atoms with van der Waals surface area (Å²) in [7, 11) is 0. The number of carbonyl (C=O) groups is 1. The Morgan fingerprint density at radius 1 is 1.53 bits per heavy atom. The lowest BCUT2D eigenvalue weighted by Crippen LogP contribution is -2.44. The van der Waals surface area contributed by atoms with Gasteiger partial charge in [-0.2, -0.15) is 0 Å². The van der Waals surface area contributed by atoms with Crippen LogP contribution in [0.1, 0.15) is 26.5 Å². The number of guanidine groups is 1. The van der Waals surface area contributed by atoms with E-state index in [-0.39, 0.29) is 11.5 Å². The van der Waals surface area contributed by atoms with Crippen LogP contribution in [-0.4, -0.2) is 17.5 Å². The van der Waals surface area contributed by atoms with E-state index in [1.807, 2.05) is 20.8 Å². The zero-order chi connectivity index (χ0) is 12.9. The lowest BCUT2D eigenvalue weighted by molar-refractivity contribution is 0.244. The number of nitrogens with two attached hydrogens (primary N) is 1. The van der Waals surface area contributed by atoms with E-state index < -0.39 is 6.03 Å². The van der Waals surface area contributed by atoms with E-state index in [1.165, 1.54) is 0 Å². The minimum atomic E-state index is -0.410. The molecule has 1 aromatic heterocycles. The Balaban J connectivity index is 2.37. The second-order valence-electron chi connectivity index (χ2n) is 4.55. The average Bonchev–Trinajstić information content (AvgIpc) is 2.63. The van der Waals surface area contributed by atoms with Gasteiger partial charge >= 0.3 is 6.03 Å². The number of urea groups is 1. The number of carbonyl (C=O) groups excluding carboxylic acids is 1. The Hall–Kier alpha value is -1.98. The van der Waals surface area contributed by atoms with Crippen LogP contribution in [0.25, 0.3) is 0 Å². The summed E-state index contributed by atoms with van der Waals surface area (Å²) < 4.78 is 5.07. The summed E-state index contributed by atoms with van der Waals surface area (Å²) in [6.07, 6.45) is 1.55. The molecular weight excluding hydrogens is 220 g/mol. The van der Waals surface area contributed by atoms with E-state index in [0.717, 1.165) is 0 Å². The van der Waals surface area contributed by atoms with Crippen molar-refractivity contribution >= 4 is 12.0 Å². The number of amides is 2. The van der Waals surface area contributed by atoms with Crippen LogP contribution in [0.5, 0.6) is 0 Å². The van der Waals surface area contributed by atoms with Gasteiger partial charge in [-0.15, -0.1) is 0 Å². The molecule has 0 saturated carbocycles. The van der Waals surface area contributed by atoms with Crippen molar-refractivity contribution in [3.63, 3.8) is 0 Å². The van der Waals surface area contributed by atoms with Gasteiger partial charge in [-0.05, 0) is 32.9 Å². The van der Waals surface area contributed by atoms with Crippen LogP contribution in [0.2, 0.25) is 0 Å². The van der Waals surface area contributed by atoms with Crippen molar-refractivity contribution < 1.29 is 9.21 Å². The first-order valence-corrected chi connectivity index (χ1v) is 5.29. The first kappa shape index (κ1) is 13.1. The van der Waals surface area contributed by atoms with Gasteiger partial charge < -0.3 is 15.5 Å².